The van der Waals surface area contributed by atoms with Crippen LogP contribution in [0.1, 0.15) is 36.4 Å². The van der Waals surface area contributed by atoms with Crippen molar-refractivity contribution in [2.45, 2.75) is 32.7 Å². The summed E-state index contributed by atoms with van der Waals surface area (Å²) in [5, 5.41) is 6.34. The molecule has 1 aliphatic rings. The second kappa shape index (κ2) is 5.60. The summed E-state index contributed by atoms with van der Waals surface area (Å²) in [5.41, 5.74) is 2.97. The summed E-state index contributed by atoms with van der Waals surface area (Å²) >= 11 is 1.68. The van der Waals surface area contributed by atoms with Crippen LogP contribution in [-0.4, -0.2) is 24.0 Å². The minimum atomic E-state index is 0.216. The van der Waals surface area contributed by atoms with Crippen LogP contribution in [0.15, 0.2) is 5.51 Å². The third-order valence-corrected chi connectivity index (χ3v) is 4.11. The lowest BCUT2D eigenvalue weighted by molar-refractivity contribution is -0.122. The molecule has 1 heterocycles. The molecule has 1 atom stereocenters. The Morgan fingerprint density at radius 2 is 2.35 bits per heavy atom. The van der Waals surface area contributed by atoms with Crippen LogP contribution < -0.4 is 10.6 Å². The van der Waals surface area contributed by atoms with E-state index in [-0.39, 0.29) is 5.91 Å². The Morgan fingerprint density at radius 1 is 1.59 bits per heavy atom. The van der Waals surface area contributed by atoms with Crippen molar-refractivity contribution in [3.63, 3.8) is 0 Å². The molecule has 1 aliphatic carbocycles. The van der Waals surface area contributed by atoms with Gasteiger partial charge in [-0.15, -0.1) is 11.3 Å². The van der Waals surface area contributed by atoms with Crippen molar-refractivity contribution in [2.75, 3.05) is 13.1 Å². The Labute approximate surface area is 106 Å². The molecule has 0 spiro atoms. The van der Waals surface area contributed by atoms with Crippen molar-refractivity contribution in [1.29, 1.82) is 0 Å². The summed E-state index contributed by atoms with van der Waals surface area (Å²) < 4.78 is 0. The molecule has 1 fully saturated rings. The molecule has 0 radical (unpaired) electrons. The number of carbonyl (C=O) groups excluding carboxylic acids is 1. The molecule has 5 heteroatoms. The molecule has 0 saturated heterocycles. The molecule has 0 bridgehead atoms. The molecule has 1 amide bonds. The molecular formula is C12H19N3OS. The van der Waals surface area contributed by atoms with E-state index in [0.29, 0.717) is 18.5 Å². The van der Waals surface area contributed by atoms with Crippen LogP contribution in [0.5, 0.6) is 0 Å². The van der Waals surface area contributed by atoms with Crippen molar-refractivity contribution in [3.8, 4) is 0 Å². The number of amides is 1. The highest BCUT2D eigenvalue weighted by molar-refractivity contribution is 7.09. The number of hydrogen-bond acceptors (Lipinski definition) is 4. The van der Waals surface area contributed by atoms with E-state index in [2.05, 4.69) is 22.5 Å². The molecule has 2 N–H and O–H groups in total. The maximum Gasteiger partial charge on any atom is 0.223 e. The highest BCUT2D eigenvalue weighted by Gasteiger charge is 2.28. The number of rotatable bonds is 6. The van der Waals surface area contributed by atoms with Crippen LogP contribution in [-0.2, 0) is 4.79 Å². The van der Waals surface area contributed by atoms with E-state index < -0.39 is 0 Å². The minimum Gasteiger partial charge on any atom is -0.355 e. The van der Waals surface area contributed by atoms with Crippen molar-refractivity contribution < 1.29 is 4.79 Å². The molecule has 17 heavy (non-hydrogen) atoms. The number of nitrogens with zero attached hydrogens (tertiary/aromatic N) is 1. The van der Waals surface area contributed by atoms with E-state index in [4.69, 9.17) is 0 Å². The predicted octanol–water partition coefficient (Wildman–Crippen LogP) is 1.63. The van der Waals surface area contributed by atoms with Gasteiger partial charge in [0.15, 0.2) is 0 Å². The van der Waals surface area contributed by atoms with Gasteiger partial charge in [-0.25, -0.2) is 4.98 Å². The van der Waals surface area contributed by atoms with E-state index >= 15 is 0 Å². The summed E-state index contributed by atoms with van der Waals surface area (Å²) in [4.78, 5) is 16.9. The van der Waals surface area contributed by atoms with Gasteiger partial charge in [0.2, 0.25) is 5.91 Å². The summed E-state index contributed by atoms with van der Waals surface area (Å²) in [6, 6.07) is 0.306. The number of aromatic nitrogens is 1. The molecular weight excluding hydrogens is 234 g/mol. The SMILES string of the molecule is Cc1ncsc1C(C)NCCNC(=O)C1CC1. The number of aryl methyl sites for hydroxylation is 1. The largest absolute Gasteiger partial charge is 0.355 e. The Morgan fingerprint density at radius 3 is 2.94 bits per heavy atom. The first kappa shape index (κ1) is 12.5. The van der Waals surface area contributed by atoms with Crippen LogP contribution in [0, 0.1) is 12.8 Å². The van der Waals surface area contributed by atoms with Gasteiger partial charge >= 0.3 is 0 Å². The fourth-order valence-electron chi connectivity index (χ4n) is 1.78. The van der Waals surface area contributed by atoms with Crippen molar-refractivity contribution >= 4 is 17.2 Å². The highest BCUT2D eigenvalue weighted by atomic mass is 32.1. The lowest BCUT2D eigenvalue weighted by Crippen LogP contribution is -2.33. The molecule has 0 aromatic carbocycles. The topological polar surface area (TPSA) is 54.0 Å². The molecule has 4 nitrogen and oxygen atoms in total. The van der Waals surface area contributed by atoms with Crippen LogP contribution in [0.3, 0.4) is 0 Å². The third-order valence-electron chi connectivity index (χ3n) is 3.00. The molecule has 1 unspecified atom stereocenters. The van der Waals surface area contributed by atoms with E-state index in [9.17, 15) is 4.79 Å². The van der Waals surface area contributed by atoms with Crippen LogP contribution in [0.25, 0.3) is 0 Å². The van der Waals surface area contributed by atoms with Crippen molar-refractivity contribution in [3.05, 3.63) is 16.1 Å². The lowest BCUT2D eigenvalue weighted by Gasteiger charge is -2.13. The zero-order chi connectivity index (χ0) is 12.3. The molecule has 1 saturated carbocycles. The van der Waals surface area contributed by atoms with Crippen LogP contribution in [0.4, 0.5) is 0 Å². The zero-order valence-corrected chi connectivity index (χ0v) is 11.1. The number of nitrogens with one attached hydrogen (secondary N) is 2. The Bertz CT molecular complexity index is 387. The number of hydrogen-bond donors (Lipinski definition) is 2. The number of carbonyl (C=O) groups is 1. The molecule has 1 aromatic heterocycles. The second-order valence-electron chi connectivity index (χ2n) is 4.54. The maximum absolute atomic E-state index is 11.4. The van der Waals surface area contributed by atoms with Crippen LogP contribution in [0.2, 0.25) is 0 Å². The Kier molecular flexibility index (Phi) is 4.12. The van der Waals surface area contributed by atoms with E-state index in [1.807, 2.05) is 12.4 Å². The highest BCUT2D eigenvalue weighted by Crippen LogP contribution is 2.28. The van der Waals surface area contributed by atoms with Crippen LogP contribution >= 0.6 is 11.3 Å². The van der Waals surface area contributed by atoms with E-state index in [1.54, 1.807) is 11.3 Å². The van der Waals surface area contributed by atoms with E-state index in [1.165, 1.54) is 4.88 Å². The quantitative estimate of drug-likeness (QED) is 0.758. The van der Waals surface area contributed by atoms with E-state index in [0.717, 1.165) is 25.1 Å². The Balaban J connectivity index is 1.64. The molecule has 94 valence electrons. The fourth-order valence-corrected chi connectivity index (χ4v) is 2.62. The predicted molar refractivity (Wildman–Crippen MR) is 69.0 cm³/mol. The Hall–Kier alpha value is -0.940. The lowest BCUT2D eigenvalue weighted by atomic mass is 10.2. The second-order valence-corrected chi connectivity index (χ2v) is 5.43. The molecule has 1 aromatic rings. The van der Waals surface area contributed by atoms with Crippen molar-refractivity contribution in [2.24, 2.45) is 5.92 Å². The van der Waals surface area contributed by atoms with Gasteiger partial charge in [0, 0.05) is 29.9 Å². The third kappa shape index (κ3) is 3.51. The molecule has 2 rings (SSSR count). The van der Waals surface area contributed by atoms with Gasteiger partial charge in [-0.3, -0.25) is 4.79 Å². The normalized spacial score (nSPS) is 16.8. The standard InChI is InChI=1S/C12H19N3OS/c1-8(11-9(2)15-7-17-11)13-5-6-14-12(16)10-3-4-10/h7-8,10,13H,3-6H2,1-2H3,(H,14,16). The zero-order valence-electron chi connectivity index (χ0n) is 10.3. The fraction of sp³-hybridized carbons (Fsp3) is 0.667. The van der Waals surface area contributed by atoms with Gasteiger partial charge in [0.1, 0.15) is 0 Å². The summed E-state index contributed by atoms with van der Waals surface area (Å²) in [7, 11) is 0. The van der Waals surface area contributed by atoms with Gasteiger partial charge in [-0.05, 0) is 26.7 Å². The van der Waals surface area contributed by atoms with Gasteiger partial charge in [0.05, 0.1) is 11.2 Å². The number of thiazole rings is 1. The van der Waals surface area contributed by atoms with Gasteiger partial charge in [0.25, 0.3) is 0 Å². The smallest absolute Gasteiger partial charge is 0.223 e. The summed E-state index contributed by atoms with van der Waals surface area (Å²) in [6.45, 7) is 5.66. The first-order valence-electron chi connectivity index (χ1n) is 6.09. The van der Waals surface area contributed by atoms with Crippen molar-refractivity contribution in [1.82, 2.24) is 15.6 Å². The first-order valence-corrected chi connectivity index (χ1v) is 6.97. The van der Waals surface area contributed by atoms with Gasteiger partial charge in [-0.2, -0.15) is 0 Å². The summed E-state index contributed by atoms with van der Waals surface area (Å²) in [5.74, 6) is 0.518. The average molecular weight is 253 g/mol. The first-order chi connectivity index (χ1) is 8.18. The summed E-state index contributed by atoms with van der Waals surface area (Å²) in [6.07, 6.45) is 2.13. The average Bonchev–Trinajstić information content (AvgIpc) is 3.07. The van der Waals surface area contributed by atoms with Gasteiger partial charge < -0.3 is 10.6 Å². The monoisotopic (exact) mass is 253 g/mol. The molecule has 0 aliphatic heterocycles. The minimum absolute atomic E-state index is 0.216. The maximum atomic E-state index is 11.4. The van der Waals surface area contributed by atoms with Gasteiger partial charge in [-0.1, -0.05) is 0 Å².